The molecular weight excluding hydrogens is 220 g/mol. The first-order chi connectivity index (χ1) is 7.40. The van der Waals surface area contributed by atoms with Gasteiger partial charge in [-0.3, -0.25) is 14.4 Å². The second kappa shape index (κ2) is 4.48. The zero-order valence-corrected chi connectivity index (χ0v) is 8.24. The minimum absolute atomic E-state index is 0.257. The molecule has 7 nitrogen and oxygen atoms in total. The van der Waals surface area contributed by atoms with Gasteiger partial charge in [0.25, 0.3) is 0 Å². The highest BCUT2D eigenvalue weighted by Crippen LogP contribution is 2.42. The lowest BCUT2D eigenvalue weighted by Gasteiger charge is -2.18. The monoisotopic (exact) mass is 232 g/mol. The number of rotatable bonds is 4. The maximum absolute atomic E-state index is 10.9. The quantitative estimate of drug-likeness (QED) is 0.493. The Morgan fingerprint density at radius 2 is 1.44 bits per heavy atom. The van der Waals surface area contributed by atoms with Crippen molar-refractivity contribution in [1.82, 2.24) is 0 Å². The molecule has 0 aromatic heterocycles. The predicted octanol–water partition coefficient (Wildman–Crippen LogP) is -0.899. The zero-order valence-electron chi connectivity index (χ0n) is 8.24. The summed E-state index contributed by atoms with van der Waals surface area (Å²) in [6, 6.07) is 0. The fourth-order valence-electron chi connectivity index (χ4n) is 2.28. The molecule has 1 saturated carbocycles. The fourth-order valence-corrected chi connectivity index (χ4v) is 2.28. The van der Waals surface area contributed by atoms with Crippen molar-refractivity contribution >= 4 is 17.9 Å². The number of hydrogen-bond donors (Lipinski definition) is 4. The summed E-state index contributed by atoms with van der Waals surface area (Å²) >= 11 is 0. The minimum Gasteiger partial charge on any atom is -0.481 e. The van der Waals surface area contributed by atoms with Gasteiger partial charge in [0.05, 0.1) is 17.8 Å². The van der Waals surface area contributed by atoms with Crippen LogP contribution in [0.3, 0.4) is 0 Å². The number of carboxylic acids is 3. The standard InChI is InChI=1S/C9H12O7/c10-2-5-3(7(11)12)1-4(8(13)14)6(5)9(15)16/h3-6,10H,1-2H2,(H,11,12)(H,13,14)(H,15,16). The van der Waals surface area contributed by atoms with E-state index in [1.165, 1.54) is 0 Å². The molecule has 0 aromatic rings. The lowest BCUT2D eigenvalue weighted by molar-refractivity contribution is -0.154. The Kier molecular flexibility index (Phi) is 3.48. The molecule has 4 atom stereocenters. The molecule has 1 fully saturated rings. The van der Waals surface area contributed by atoms with Crippen LogP contribution in [0.5, 0.6) is 0 Å². The van der Waals surface area contributed by atoms with Crippen molar-refractivity contribution in [2.45, 2.75) is 6.42 Å². The summed E-state index contributed by atoms with van der Waals surface area (Å²) in [5, 5.41) is 35.5. The number of carbonyl (C=O) groups is 3. The number of hydrogen-bond acceptors (Lipinski definition) is 4. The molecule has 90 valence electrons. The molecule has 0 spiro atoms. The maximum atomic E-state index is 10.9. The van der Waals surface area contributed by atoms with Gasteiger partial charge in [0.2, 0.25) is 0 Å². The largest absolute Gasteiger partial charge is 0.481 e. The summed E-state index contributed by atoms with van der Waals surface area (Å²) in [5.41, 5.74) is 0. The van der Waals surface area contributed by atoms with Gasteiger partial charge in [0.1, 0.15) is 0 Å². The van der Waals surface area contributed by atoms with Crippen molar-refractivity contribution in [3.8, 4) is 0 Å². The summed E-state index contributed by atoms with van der Waals surface area (Å²) in [4.78, 5) is 32.5. The molecule has 0 heterocycles. The van der Waals surface area contributed by atoms with Gasteiger partial charge in [0.15, 0.2) is 0 Å². The van der Waals surface area contributed by atoms with Crippen LogP contribution in [-0.2, 0) is 14.4 Å². The van der Waals surface area contributed by atoms with Crippen LogP contribution < -0.4 is 0 Å². The molecule has 1 aliphatic rings. The van der Waals surface area contributed by atoms with E-state index in [2.05, 4.69) is 0 Å². The van der Waals surface area contributed by atoms with Crippen LogP contribution in [0.4, 0.5) is 0 Å². The van der Waals surface area contributed by atoms with E-state index in [-0.39, 0.29) is 6.42 Å². The highest BCUT2D eigenvalue weighted by Gasteiger charge is 2.52. The van der Waals surface area contributed by atoms with E-state index in [1.54, 1.807) is 0 Å². The molecule has 16 heavy (non-hydrogen) atoms. The second-order valence-electron chi connectivity index (χ2n) is 3.84. The number of aliphatic carboxylic acids is 3. The van der Waals surface area contributed by atoms with Crippen LogP contribution in [0, 0.1) is 23.7 Å². The molecule has 4 N–H and O–H groups in total. The second-order valence-corrected chi connectivity index (χ2v) is 3.84. The predicted molar refractivity (Wildman–Crippen MR) is 48.6 cm³/mol. The number of carboxylic acid groups (broad SMARTS) is 3. The van der Waals surface area contributed by atoms with Gasteiger partial charge in [-0.2, -0.15) is 0 Å². The van der Waals surface area contributed by atoms with Gasteiger partial charge >= 0.3 is 17.9 Å². The van der Waals surface area contributed by atoms with Gasteiger partial charge in [0, 0.05) is 12.5 Å². The van der Waals surface area contributed by atoms with Crippen LogP contribution in [0.2, 0.25) is 0 Å². The van der Waals surface area contributed by atoms with Crippen LogP contribution in [0.25, 0.3) is 0 Å². The van der Waals surface area contributed by atoms with E-state index < -0.39 is 48.2 Å². The molecule has 0 amide bonds. The van der Waals surface area contributed by atoms with E-state index in [9.17, 15) is 14.4 Å². The topological polar surface area (TPSA) is 132 Å². The highest BCUT2D eigenvalue weighted by molar-refractivity contribution is 5.84. The molecule has 0 radical (unpaired) electrons. The van der Waals surface area contributed by atoms with Crippen molar-refractivity contribution in [2.24, 2.45) is 23.7 Å². The smallest absolute Gasteiger partial charge is 0.307 e. The normalized spacial score (nSPS) is 33.6. The minimum atomic E-state index is -1.38. The molecule has 0 aromatic carbocycles. The Bertz CT molecular complexity index is 324. The fraction of sp³-hybridized carbons (Fsp3) is 0.667. The van der Waals surface area contributed by atoms with Crippen LogP contribution in [-0.4, -0.2) is 44.9 Å². The van der Waals surface area contributed by atoms with Crippen molar-refractivity contribution in [3.05, 3.63) is 0 Å². The lowest BCUT2D eigenvalue weighted by Crippen LogP contribution is -2.32. The Morgan fingerprint density at radius 1 is 0.938 bits per heavy atom. The van der Waals surface area contributed by atoms with E-state index in [4.69, 9.17) is 20.4 Å². The Hall–Kier alpha value is -1.63. The summed E-state index contributed by atoms with van der Waals surface area (Å²) in [6.45, 7) is -0.641. The molecule has 0 saturated heterocycles. The summed E-state index contributed by atoms with van der Waals surface area (Å²) in [5.74, 6) is -8.75. The van der Waals surface area contributed by atoms with Crippen LogP contribution in [0.1, 0.15) is 6.42 Å². The molecule has 1 rings (SSSR count). The molecule has 4 unspecified atom stereocenters. The van der Waals surface area contributed by atoms with E-state index in [0.717, 1.165) is 0 Å². The molecule has 1 aliphatic carbocycles. The first kappa shape index (κ1) is 12.4. The lowest BCUT2D eigenvalue weighted by atomic mass is 9.87. The van der Waals surface area contributed by atoms with Crippen LogP contribution >= 0.6 is 0 Å². The summed E-state index contributed by atoms with van der Waals surface area (Å²) < 4.78 is 0. The average Bonchev–Trinajstić information content (AvgIpc) is 2.56. The highest BCUT2D eigenvalue weighted by atomic mass is 16.4. The molecule has 0 bridgehead atoms. The molecule has 7 heteroatoms. The average molecular weight is 232 g/mol. The SMILES string of the molecule is O=C(O)C1CC(C(=O)O)C(C(=O)O)C1CO. The van der Waals surface area contributed by atoms with Crippen molar-refractivity contribution in [2.75, 3.05) is 6.61 Å². The Labute approximate surface area is 90.3 Å². The number of aliphatic hydroxyl groups excluding tert-OH is 1. The van der Waals surface area contributed by atoms with Gasteiger partial charge in [-0.15, -0.1) is 0 Å². The maximum Gasteiger partial charge on any atom is 0.307 e. The van der Waals surface area contributed by atoms with Gasteiger partial charge in [-0.05, 0) is 6.42 Å². The summed E-state index contributed by atoms with van der Waals surface area (Å²) in [7, 11) is 0. The first-order valence-corrected chi connectivity index (χ1v) is 4.69. The third-order valence-electron chi connectivity index (χ3n) is 3.05. The summed E-state index contributed by atoms with van der Waals surface area (Å²) in [6.07, 6.45) is -0.257. The van der Waals surface area contributed by atoms with E-state index in [1.807, 2.05) is 0 Å². The third-order valence-corrected chi connectivity index (χ3v) is 3.05. The third kappa shape index (κ3) is 1.99. The first-order valence-electron chi connectivity index (χ1n) is 4.69. The number of aliphatic hydroxyl groups is 1. The van der Waals surface area contributed by atoms with Crippen molar-refractivity contribution in [3.63, 3.8) is 0 Å². The van der Waals surface area contributed by atoms with Crippen molar-refractivity contribution in [1.29, 1.82) is 0 Å². The van der Waals surface area contributed by atoms with Gasteiger partial charge < -0.3 is 20.4 Å². The Balaban J connectivity index is 3.04. The zero-order chi connectivity index (χ0) is 12.5. The van der Waals surface area contributed by atoms with Crippen molar-refractivity contribution < 1.29 is 34.8 Å². The van der Waals surface area contributed by atoms with Gasteiger partial charge in [-0.25, -0.2) is 0 Å². The van der Waals surface area contributed by atoms with Gasteiger partial charge in [-0.1, -0.05) is 0 Å². The Morgan fingerprint density at radius 3 is 1.75 bits per heavy atom. The molecule has 0 aliphatic heterocycles. The van der Waals surface area contributed by atoms with Crippen LogP contribution in [0.15, 0.2) is 0 Å². The van der Waals surface area contributed by atoms with E-state index >= 15 is 0 Å². The molecular formula is C9H12O7. The van der Waals surface area contributed by atoms with E-state index in [0.29, 0.717) is 0 Å².